The predicted octanol–water partition coefficient (Wildman–Crippen LogP) is 2.67. The van der Waals surface area contributed by atoms with Gasteiger partial charge in [-0.2, -0.15) is 0 Å². The highest BCUT2D eigenvalue weighted by Crippen LogP contribution is 2.39. The highest BCUT2D eigenvalue weighted by atomic mass is 15.0. The van der Waals surface area contributed by atoms with Crippen LogP contribution in [0.25, 0.3) is 0 Å². The van der Waals surface area contributed by atoms with Crippen molar-refractivity contribution in [1.29, 1.82) is 0 Å². The molecule has 1 heterocycles. The molecule has 0 bridgehead atoms. The standard InChI is InChI=1S/C13H20N2/c1-10-5-4-6-12(15-10)9-14-13(2,3)11-7-8-11/h4-6,11,14H,7-9H2,1-3H3. The van der Waals surface area contributed by atoms with Gasteiger partial charge < -0.3 is 5.32 Å². The summed E-state index contributed by atoms with van der Waals surface area (Å²) in [4.78, 5) is 4.49. The number of aryl methyl sites for hydroxylation is 1. The second kappa shape index (κ2) is 3.93. The van der Waals surface area contributed by atoms with Crippen LogP contribution in [0.15, 0.2) is 18.2 Å². The molecule has 1 aliphatic rings. The molecule has 1 saturated carbocycles. The van der Waals surface area contributed by atoms with Gasteiger partial charge in [0, 0.05) is 17.8 Å². The van der Waals surface area contributed by atoms with E-state index < -0.39 is 0 Å². The Bertz CT molecular complexity index is 340. The van der Waals surface area contributed by atoms with Crippen molar-refractivity contribution in [3.63, 3.8) is 0 Å². The largest absolute Gasteiger partial charge is 0.306 e. The van der Waals surface area contributed by atoms with Crippen LogP contribution in [0.3, 0.4) is 0 Å². The summed E-state index contributed by atoms with van der Waals surface area (Å²) in [5.41, 5.74) is 2.51. The lowest BCUT2D eigenvalue weighted by molar-refractivity contribution is 0.337. The van der Waals surface area contributed by atoms with Crippen LogP contribution in [0.5, 0.6) is 0 Å². The van der Waals surface area contributed by atoms with Crippen molar-refractivity contribution in [3.05, 3.63) is 29.6 Å². The fourth-order valence-electron chi connectivity index (χ4n) is 1.97. The summed E-state index contributed by atoms with van der Waals surface area (Å²) in [6.07, 6.45) is 2.75. The molecule has 0 amide bonds. The van der Waals surface area contributed by atoms with Gasteiger partial charge in [-0.15, -0.1) is 0 Å². The van der Waals surface area contributed by atoms with E-state index in [0.717, 1.165) is 23.9 Å². The molecule has 0 radical (unpaired) electrons. The lowest BCUT2D eigenvalue weighted by atomic mass is 9.99. The van der Waals surface area contributed by atoms with Crippen LogP contribution in [-0.4, -0.2) is 10.5 Å². The van der Waals surface area contributed by atoms with E-state index in [1.165, 1.54) is 12.8 Å². The maximum Gasteiger partial charge on any atom is 0.0545 e. The summed E-state index contributed by atoms with van der Waals surface area (Å²) in [6, 6.07) is 6.20. The van der Waals surface area contributed by atoms with Crippen molar-refractivity contribution in [1.82, 2.24) is 10.3 Å². The maximum atomic E-state index is 4.49. The first-order valence-electron chi connectivity index (χ1n) is 5.75. The Morgan fingerprint density at radius 2 is 2.13 bits per heavy atom. The van der Waals surface area contributed by atoms with E-state index in [4.69, 9.17) is 0 Å². The Morgan fingerprint density at radius 3 is 2.73 bits per heavy atom. The van der Waals surface area contributed by atoms with Gasteiger partial charge in [-0.3, -0.25) is 4.98 Å². The van der Waals surface area contributed by atoms with Crippen molar-refractivity contribution < 1.29 is 0 Å². The SMILES string of the molecule is Cc1cccc(CNC(C)(C)C2CC2)n1. The van der Waals surface area contributed by atoms with E-state index in [2.05, 4.69) is 36.3 Å². The molecule has 0 spiro atoms. The Hall–Kier alpha value is -0.890. The van der Waals surface area contributed by atoms with Crippen LogP contribution in [0.2, 0.25) is 0 Å². The third-order valence-electron chi connectivity index (χ3n) is 3.27. The lowest BCUT2D eigenvalue weighted by Gasteiger charge is -2.26. The van der Waals surface area contributed by atoms with Crippen LogP contribution < -0.4 is 5.32 Å². The highest BCUT2D eigenvalue weighted by Gasteiger charge is 2.37. The van der Waals surface area contributed by atoms with Gasteiger partial charge in [0.15, 0.2) is 0 Å². The number of hydrogen-bond acceptors (Lipinski definition) is 2. The fourth-order valence-corrected chi connectivity index (χ4v) is 1.97. The number of rotatable bonds is 4. The molecule has 2 nitrogen and oxygen atoms in total. The molecule has 82 valence electrons. The van der Waals surface area contributed by atoms with E-state index in [0.29, 0.717) is 0 Å². The molecule has 1 N–H and O–H groups in total. The van der Waals surface area contributed by atoms with Crippen LogP contribution in [0.4, 0.5) is 0 Å². The van der Waals surface area contributed by atoms with E-state index in [1.807, 2.05) is 13.0 Å². The van der Waals surface area contributed by atoms with Gasteiger partial charge >= 0.3 is 0 Å². The average molecular weight is 204 g/mol. The molecule has 1 fully saturated rings. The Morgan fingerprint density at radius 1 is 1.40 bits per heavy atom. The Kier molecular flexibility index (Phi) is 2.79. The van der Waals surface area contributed by atoms with E-state index in [9.17, 15) is 0 Å². The first-order valence-corrected chi connectivity index (χ1v) is 5.75. The van der Waals surface area contributed by atoms with Gasteiger partial charge in [0.25, 0.3) is 0 Å². The molecule has 0 unspecified atom stereocenters. The number of nitrogens with zero attached hydrogens (tertiary/aromatic N) is 1. The minimum Gasteiger partial charge on any atom is -0.306 e. The normalized spacial score (nSPS) is 16.7. The van der Waals surface area contributed by atoms with Crippen LogP contribution in [-0.2, 0) is 6.54 Å². The summed E-state index contributed by atoms with van der Waals surface area (Å²) < 4.78 is 0. The number of aromatic nitrogens is 1. The molecule has 1 aromatic rings. The van der Waals surface area contributed by atoms with Crippen molar-refractivity contribution in [3.8, 4) is 0 Å². The molecular weight excluding hydrogens is 184 g/mol. The van der Waals surface area contributed by atoms with Gasteiger partial charge in [0.2, 0.25) is 0 Å². The first kappa shape index (κ1) is 10.6. The number of hydrogen-bond donors (Lipinski definition) is 1. The average Bonchev–Trinajstić information content (AvgIpc) is 2.98. The van der Waals surface area contributed by atoms with Gasteiger partial charge in [0.1, 0.15) is 0 Å². The van der Waals surface area contributed by atoms with E-state index in [-0.39, 0.29) is 5.54 Å². The monoisotopic (exact) mass is 204 g/mol. The van der Waals surface area contributed by atoms with Crippen molar-refractivity contribution in [2.24, 2.45) is 5.92 Å². The molecule has 0 aromatic carbocycles. The predicted molar refractivity (Wildman–Crippen MR) is 62.6 cm³/mol. The second-order valence-electron chi connectivity index (χ2n) is 5.12. The molecule has 1 aromatic heterocycles. The van der Waals surface area contributed by atoms with Gasteiger partial charge in [-0.1, -0.05) is 6.07 Å². The molecule has 0 atom stereocenters. The minimum absolute atomic E-state index is 0.269. The number of nitrogens with one attached hydrogen (secondary N) is 1. The molecule has 15 heavy (non-hydrogen) atoms. The smallest absolute Gasteiger partial charge is 0.0545 e. The second-order valence-corrected chi connectivity index (χ2v) is 5.12. The third-order valence-corrected chi connectivity index (χ3v) is 3.27. The molecule has 0 aliphatic heterocycles. The van der Waals surface area contributed by atoms with Crippen LogP contribution in [0.1, 0.15) is 38.1 Å². The summed E-state index contributed by atoms with van der Waals surface area (Å²) in [7, 11) is 0. The summed E-state index contributed by atoms with van der Waals surface area (Å²) in [5.74, 6) is 0.863. The minimum atomic E-state index is 0.269. The molecule has 2 rings (SSSR count). The van der Waals surface area contributed by atoms with Crippen molar-refractivity contribution in [2.75, 3.05) is 0 Å². The maximum absolute atomic E-state index is 4.49. The lowest BCUT2D eigenvalue weighted by Crippen LogP contribution is -2.40. The highest BCUT2D eigenvalue weighted by molar-refractivity contribution is 5.10. The molecule has 2 heteroatoms. The summed E-state index contributed by atoms with van der Waals surface area (Å²) in [6.45, 7) is 7.50. The zero-order valence-electron chi connectivity index (χ0n) is 9.88. The zero-order valence-corrected chi connectivity index (χ0v) is 9.88. The topological polar surface area (TPSA) is 24.9 Å². The fraction of sp³-hybridized carbons (Fsp3) is 0.615. The van der Waals surface area contributed by atoms with Gasteiger partial charge in [0.05, 0.1) is 5.69 Å². The molecule has 0 saturated heterocycles. The molecular formula is C13H20N2. The quantitative estimate of drug-likeness (QED) is 0.815. The van der Waals surface area contributed by atoms with Gasteiger partial charge in [-0.25, -0.2) is 0 Å². The zero-order chi connectivity index (χ0) is 10.9. The Balaban J connectivity index is 1.92. The summed E-state index contributed by atoms with van der Waals surface area (Å²) >= 11 is 0. The summed E-state index contributed by atoms with van der Waals surface area (Å²) in [5, 5.41) is 3.60. The number of pyridine rings is 1. The Labute approximate surface area is 92.1 Å². The van der Waals surface area contributed by atoms with E-state index in [1.54, 1.807) is 0 Å². The van der Waals surface area contributed by atoms with Crippen LogP contribution in [0, 0.1) is 12.8 Å². The van der Waals surface area contributed by atoms with Gasteiger partial charge in [-0.05, 0) is 51.7 Å². The molecule has 1 aliphatic carbocycles. The van der Waals surface area contributed by atoms with Crippen molar-refractivity contribution in [2.45, 2.75) is 45.7 Å². The van der Waals surface area contributed by atoms with Crippen LogP contribution >= 0.6 is 0 Å². The third kappa shape index (κ3) is 2.78. The van der Waals surface area contributed by atoms with E-state index >= 15 is 0 Å². The van der Waals surface area contributed by atoms with Crippen molar-refractivity contribution >= 4 is 0 Å². The first-order chi connectivity index (χ1) is 7.08.